The zero-order chi connectivity index (χ0) is 12.7. The van der Waals surface area contributed by atoms with Crippen LogP contribution in [0.25, 0.3) is 0 Å². The van der Waals surface area contributed by atoms with E-state index < -0.39 is 0 Å². The van der Waals surface area contributed by atoms with Gasteiger partial charge in [-0.15, -0.1) is 0 Å². The number of pyridine rings is 1. The highest BCUT2D eigenvalue weighted by molar-refractivity contribution is 5.94. The van der Waals surface area contributed by atoms with Crippen molar-refractivity contribution in [3.8, 4) is 6.07 Å². The largest absolute Gasteiger partial charge is 0.342 e. The normalized spacial score (nSPS) is 9.71. The van der Waals surface area contributed by atoms with Crippen LogP contribution in [-0.4, -0.2) is 29.4 Å². The van der Waals surface area contributed by atoms with Crippen LogP contribution in [0.15, 0.2) is 18.3 Å². The molecule has 1 aromatic rings. The highest BCUT2D eigenvalue weighted by Crippen LogP contribution is 2.06. The van der Waals surface area contributed by atoms with Gasteiger partial charge >= 0.3 is 0 Å². The van der Waals surface area contributed by atoms with Gasteiger partial charge < -0.3 is 4.90 Å². The first-order valence-electron chi connectivity index (χ1n) is 5.80. The molecule has 0 spiro atoms. The Labute approximate surface area is 102 Å². The molecule has 0 saturated carbocycles. The van der Waals surface area contributed by atoms with E-state index in [0.29, 0.717) is 5.56 Å². The predicted molar refractivity (Wildman–Crippen MR) is 65.4 cm³/mol. The number of nitriles is 1. The SMILES string of the molecule is CCCCCN(C)C(=O)c1ccnc(C#N)c1. The Balaban J connectivity index is 2.65. The molecule has 0 aliphatic carbocycles. The van der Waals surface area contributed by atoms with Crippen molar-refractivity contribution in [2.45, 2.75) is 26.2 Å². The first kappa shape index (κ1) is 13.2. The zero-order valence-corrected chi connectivity index (χ0v) is 10.3. The van der Waals surface area contributed by atoms with Crippen LogP contribution in [0.3, 0.4) is 0 Å². The molecule has 0 fully saturated rings. The van der Waals surface area contributed by atoms with Gasteiger partial charge in [0.25, 0.3) is 5.91 Å². The Hall–Kier alpha value is -1.89. The molecule has 0 aliphatic heterocycles. The van der Waals surface area contributed by atoms with Crippen molar-refractivity contribution in [1.29, 1.82) is 5.26 Å². The molecular weight excluding hydrogens is 214 g/mol. The van der Waals surface area contributed by atoms with E-state index >= 15 is 0 Å². The molecule has 17 heavy (non-hydrogen) atoms. The monoisotopic (exact) mass is 231 g/mol. The van der Waals surface area contributed by atoms with Gasteiger partial charge in [-0.25, -0.2) is 4.98 Å². The summed E-state index contributed by atoms with van der Waals surface area (Å²) in [6.45, 7) is 2.88. The van der Waals surface area contributed by atoms with Gasteiger partial charge in [-0.3, -0.25) is 4.79 Å². The third-order valence-corrected chi connectivity index (χ3v) is 2.57. The number of rotatable bonds is 5. The smallest absolute Gasteiger partial charge is 0.253 e. The van der Waals surface area contributed by atoms with Gasteiger partial charge in [0.1, 0.15) is 11.8 Å². The Morgan fingerprint density at radius 2 is 2.29 bits per heavy atom. The van der Waals surface area contributed by atoms with Crippen LogP contribution in [0.1, 0.15) is 42.2 Å². The highest BCUT2D eigenvalue weighted by Gasteiger charge is 2.11. The lowest BCUT2D eigenvalue weighted by Crippen LogP contribution is -2.27. The molecule has 1 aromatic heterocycles. The molecule has 1 amide bonds. The summed E-state index contributed by atoms with van der Waals surface area (Å²) in [5.74, 6) is -0.0556. The Kier molecular flexibility index (Phi) is 5.15. The minimum atomic E-state index is -0.0556. The number of amides is 1. The summed E-state index contributed by atoms with van der Waals surface area (Å²) < 4.78 is 0. The third kappa shape index (κ3) is 3.87. The minimum Gasteiger partial charge on any atom is -0.342 e. The molecule has 0 atom stereocenters. The average Bonchev–Trinajstić information content (AvgIpc) is 2.38. The van der Waals surface area contributed by atoms with E-state index in [1.807, 2.05) is 6.07 Å². The maximum absolute atomic E-state index is 12.0. The first-order valence-corrected chi connectivity index (χ1v) is 5.80. The molecule has 4 heteroatoms. The fraction of sp³-hybridized carbons (Fsp3) is 0.462. The van der Waals surface area contributed by atoms with Gasteiger partial charge in [0, 0.05) is 25.4 Å². The van der Waals surface area contributed by atoms with Crippen LogP contribution in [0, 0.1) is 11.3 Å². The van der Waals surface area contributed by atoms with Gasteiger partial charge in [0.05, 0.1) is 0 Å². The van der Waals surface area contributed by atoms with Gasteiger partial charge in [-0.2, -0.15) is 5.26 Å². The number of carbonyl (C=O) groups excluding carboxylic acids is 1. The average molecular weight is 231 g/mol. The lowest BCUT2D eigenvalue weighted by molar-refractivity contribution is 0.0792. The number of aromatic nitrogens is 1. The topological polar surface area (TPSA) is 57.0 Å². The van der Waals surface area contributed by atoms with Crippen molar-refractivity contribution in [2.24, 2.45) is 0 Å². The molecule has 4 nitrogen and oxygen atoms in total. The van der Waals surface area contributed by atoms with Crippen molar-refractivity contribution in [3.05, 3.63) is 29.6 Å². The summed E-state index contributed by atoms with van der Waals surface area (Å²) in [7, 11) is 1.78. The molecule has 90 valence electrons. The molecule has 0 radical (unpaired) electrons. The maximum Gasteiger partial charge on any atom is 0.253 e. The molecular formula is C13H17N3O. The predicted octanol–water partition coefficient (Wildman–Crippen LogP) is 2.22. The summed E-state index contributed by atoms with van der Waals surface area (Å²) in [5.41, 5.74) is 0.799. The summed E-state index contributed by atoms with van der Waals surface area (Å²) in [5, 5.41) is 8.72. The van der Waals surface area contributed by atoms with Gasteiger partial charge in [0.2, 0.25) is 0 Å². The van der Waals surface area contributed by atoms with Crippen LogP contribution in [0.4, 0.5) is 0 Å². The Morgan fingerprint density at radius 3 is 2.94 bits per heavy atom. The number of carbonyl (C=O) groups is 1. The maximum atomic E-state index is 12.0. The molecule has 0 aromatic carbocycles. The molecule has 0 unspecified atom stereocenters. The molecule has 0 bridgehead atoms. The van der Waals surface area contributed by atoms with E-state index in [1.165, 1.54) is 12.3 Å². The third-order valence-electron chi connectivity index (χ3n) is 2.57. The van der Waals surface area contributed by atoms with Gasteiger partial charge in [0.15, 0.2) is 0 Å². The second kappa shape index (κ2) is 6.64. The zero-order valence-electron chi connectivity index (χ0n) is 10.3. The van der Waals surface area contributed by atoms with E-state index in [-0.39, 0.29) is 11.6 Å². The Bertz CT molecular complexity index is 423. The van der Waals surface area contributed by atoms with Crippen molar-refractivity contribution in [2.75, 3.05) is 13.6 Å². The summed E-state index contributed by atoms with van der Waals surface area (Å²) >= 11 is 0. The summed E-state index contributed by atoms with van der Waals surface area (Å²) in [6.07, 6.45) is 4.76. The molecule has 0 aliphatic rings. The summed E-state index contributed by atoms with van der Waals surface area (Å²) in [6, 6.07) is 5.10. The lowest BCUT2D eigenvalue weighted by Gasteiger charge is -2.16. The molecule has 1 rings (SSSR count). The number of hydrogen-bond acceptors (Lipinski definition) is 3. The standard InChI is InChI=1S/C13H17N3O/c1-3-4-5-8-16(2)13(17)11-6-7-15-12(9-11)10-14/h6-7,9H,3-5,8H2,1-2H3. The fourth-order valence-electron chi connectivity index (χ4n) is 1.55. The first-order chi connectivity index (χ1) is 8.19. The van der Waals surface area contributed by atoms with Crippen molar-refractivity contribution < 1.29 is 4.79 Å². The number of hydrogen-bond donors (Lipinski definition) is 0. The van der Waals surface area contributed by atoms with Gasteiger partial charge in [-0.05, 0) is 18.6 Å². The number of unbranched alkanes of at least 4 members (excludes halogenated alkanes) is 2. The fourth-order valence-corrected chi connectivity index (χ4v) is 1.55. The van der Waals surface area contributed by atoms with E-state index in [1.54, 1.807) is 18.0 Å². The number of nitrogens with zero attached hydrogens (tertiary/aromatic N) is 3. The van der Waals surface area contributed by atoms with Crippen molar-refractivity contribution in [3.63, 3.8) is 0 Å². The van der Waals surface area contributed by atoms with Crippen molar-refractivity contribution >= 4 is 5.91 Å². The van der Waals surface area contributed by atoms with Crippen LogP contribution in [0.5, 0.6) is 0 Å². The quantitative estimate of drug-likeness (QED) is 0.730. The highest BCUT2D eigenvalue weighted by atomic mass is 16.2. The van der Waals surface area contributed by atoms with Crippen LogP contribution in [-0.2, 0) is 0 Å². The van der Waals surface area contributed by atoms with E-state index in [2.05, 4.69) is 11.9 Å². The second-order valence-electron chi connectivity index (χ2n) is 3.98. The lowest BCUT2D eigenvalue weighted by atomic mass is 10.2. The second-order valence-corrected chi connectivity index (χ2v) is 3.98. The van der Waals surface area contributed by atoms with Crippen molar-refractivity contribution in [1.82, 2.24) is 9.88 Å². The van der Waals surface area contributed by atoms with E-state index in [9.17, 15) is 4.79 Å². The van der Waals surface area contributed by atoms with Gasteiger partial charge in [-0.1, -0.05) is 19.8 Å². The summed E-state index contributed by atoms with van der Waals surface area (Å²) in [4.78, 5) is 17.5. The Morgan fingerprint density at radius 1 is 1.53 bits per heavy atom. The van der Waals surface area contributed by atoms with Crippen LogP contribution >= 0.6 is 0 Å². The molecule has 1 heterocycles. The van der Waals surface area contributed by atoms with E-state index in [0.717, 1.165) is 25.8 Å². The molecule has 0 N–H and O–H groups in total. The van der Waals surface area contributed by atoms with E-state index in [4.69, 9.17) is 5.26 Å². The van der Waals surface area contributed by atoms with Crippen LogP contribution in [0.2, 0.25) is 0 Å². The molecule has 0 saturated heterocycles. The minimum absolute atomic E-state index is 0.0556. The van der Waals surface area contributed by atoms with Crippen LogP contribution < -0.4 is 0 Å².